The van der Waals surface area contributed by atoms with Crippen molar-refractivity contribution in [3.05, 3.63) is 138 Å². The van der Waals surface area contributed by atoms with E-state index in [0.29, 0.717) is 29.2 Å². The van der Waals surface area contributed by atoms with Crippen molar-refractivity contribution < 1.29 is 4.74 Å². The Hall–Kier alpha value is -2.73. The predicted octanol–water partition coefficient (Wildman–Crippen LogP) is 9.09. The Morgan fingerprint density at radius 3 is 1.62 bits per heavy atom. The highest BCUT2D eigenvalue weighted by molar-refractivity contribution is 6.90. The minimum Gasteiger partial charge on any atom is -0.375 e. The van der Waals surface area contributed by atoms with E-state index in [1.165, 1.54) is 22.7 Å². The number of benzene rings is 4. The minimum absolute atomic E-state index is 0.300. The van der Waals surface area contributed by atoms with Crippen LogP contribution in [0.5, 0.6) is 0 Å². The molecule has 1 aliphatic rings. The maximum Gasteiger partial charge on any atom is 0.0831 e. The number of rotatable bonds is 10. The first-order valence-electron chi connectivity index (χ1n) is 15.1. The normalized spacial score (nSPS) is 21.6. The molecular weight excluding hydrogens is 517 g/mol. The van der Waals surface area contributed by atoms with Crippen LogP contribution in [-0.4, -0.2) is 28.4 Å². The van der Waals surface area contributed by atoms with E-state index in [2.05, 4.69) is 154 Å². The summed E-state index contributed by atoms with van der Waals surface area (Å²) in [4.78, 5) is 0. The molecule has 0 saturated carbocycles. The highest BCUT2D eigenvalue weighted by atomic mass is 28.3. The van der Waals surface area contributed by atoms with Gasteiger partial charge in [0.15, 0.2) is 0 Å². The van der Waals surface area contributed by atoms with Crippen molar-refractivity contribution in [3.8, 4) is 0 Å². The summed E-state index contributed by atoms with van der Waals surface area (Å²) in [6.45, 7) is 12.9. The van der Waals surface area contributed by atoms with Crippen molar-refractivity contribution in [2.24, 2.45) is 5.92 Å². The van der Waals surface area contributed by atoms with Crippen LogP contribution < -0.4 is 5.19 Å². The fourth-order valence-corrected chi connectivity index (χ4v) is 15.8. The fraction of sp³-hybridized carbons (Fsp3) is 0.351. The fourth-order valence-electron chi connectivity index (χ4n) is 7.66. The summed E-state index contributed by atoms with van der Waals surface area (Å²) >= 11 is 0. The van der Waals surface area contributed by atoms with Crippen LogP contribution in [0.1, 0.15) is 35.6 Å². The molecule has 1 saturated heterocycles. The van der Waals surface area contributed by atoms with Gasteiger partial charge in [-0.2, -0.15) is 0 Å². The molecule has 0 radical (unpaired) electrons. The Bertz CT molecular complexity index is 1280. The lowest BCUT2D eigenvalue weighted by Gasteiger charge is -2.43. The van der Waals surface area contributed by atoms with Gasteiger partial charge in [-0.15, -0.1) is 0 Å². The third kappa shape index (κ3) is 6.27. The van der Waals surface area contributed by atoms with Gasteiger partial charge >= 0.3 is 0 Å². The van der Waals surface area contributed by atoms with E-state index < -0.39 is 16.1 Å². The van der Waals surface area contributed by atoms with Crippen LogP contribution in [0.3, 0.4) is 0 Å². The van der Waals surface area contributed by atoms with E-state index in [-0.39, 0.29) is 0 Å². The first-order valence-corrected chi connectivity index (χ1v) is 21.5. The Morgan fingerprint density at radius 2 is 1.10 bits per heavy atom. The molecule has 1 nitrogen and oxygen atoms in total. The maximum atomic E-state index is 7.24. The molecule has 4 aromatic carbocycles. The first-order chi connectivity index (χ1) is 19.3. The van der Waals surface area contributed by atoms with E-state index in [4.69, 9.17) is 4.74 Å². The average molecular weight is 563 g/mol. The van der Waals surface area contributed by atoms with E-state index in [1.807, 2.05) is 0 Å². The van der Waals surface area contributed by atoms with Gasteiger partial charge < -0.3 is 4.74 Å². The number of aryl methyl sites for hydroxylation is 1. The summed E-state index contributed by atoms with van der Waals surface area (Å²) in [7, 11) is -3.67. The van der Waals surface area contributed by atoms with Crippen molar-refractivity contribution in [1.29, 1.82) is 0 Å². The van der Waals surface area contributed by atoms with Gasteiger partial charge in [0.2, 0.25) is 0 Å². The summed E-state index contributed by atoms with van der Waals surface area (Å²) in [5.41, 5.74) is 5.35. The van der Waals surface area contributed by atoms with Crippen LogP contribution in [0.15, 0.2) is 121 Å². The summed E-state index contributed by atoms with van der Waals surface area (Å²) in [5, 5.41) is 1.54. The lowest BCUT2D eigenvalue weighted by atomic mass is 9.96. The zero-order valence-corrected chi connectivity index (χ0v) is 27.0. The predicted molar refractivity (Wildman–Crippen MR) is 177 cm³/mol. The third-order valence-electron chi connectivity index (χ3n) is 9.60. The zero-order chi connectivity index (χ0) is 28.2. The van der Waals surface area contributed by atoms with E-state index in [1.54, 1.807) is 5.19 Å². The standard InChI is InChI=1S/C37H46OSi2/c1-29-34(27-26-30-18-10-6-11-19-30)38-35(28-39(2,3)33-24-16-9-17-25-33)36(29)40(4,5)37(31-20-12-7-13-21-31)32-22-14-8-15-23-32/h6-25,29,34-37H,26-28H2,1-5H3/t29-,34+,35-,36+/m0/s1. The second-order valence-electron chi connectivity index (χ2n) is 13.2. The van der Waals surface area contributed by atoms with E-state index in [9.17, 15) is 0 Å². The Morgan fingerprint density at radius 1 is 0.625 bits per heavy atom. The summed E-state index contributed by atoms with van der Waals surface area (Å²) in [6.07, 6.45) is 2.78. The SMILES string of the molecule is C[C@@H]1[C@@H]([Si](C)(C)C(c2ccccc2)c2ccccc2)[C@H](C[Si](C)(C)c2ccccc2)O[C@@H]1CCc1ccccc1. The molecule has 0 aliphatic carbocycles. The van der Waals surface area contributed by atoms with Gasteiger partial charge in [-0.1, -0.05) is 160 Å². The number of ether oxygens (including phenoxy) is 1. The van der Waals surface area contributed by atoms with Gasteiger partial charge in [0, 0.05) is 5.54 Å². The first kappa shape index (κ1) is 28.8. The number of hydrogen-bond acceptors (Lipinski definition) is 1. The Balaban J connectivity index is 1.52. The maximum absolute atomic E-state index is 7.24. The smallest absolute Gasteiger partial charge is 0.0831 e. The molecule has 4 atom stereocenters. The largest absolute Gasteiger partial charge is 0.375 e. The van der Waals surface area contributed by atoms with Crippen molar-refractivity contribution in [1.82, 2.24) is 0 Å². The molecule has 3 heteroatoms. The molecule has 0 spiro atoms. The van der Waals surface area contributed by atoms with Crippen LogP contribution in [0.2, 0.25) is 37.8 Å². The molecule has 1 fully saturated rings. The molecule has 0 unspecified atom stereocenters. The van der Waals surface area contributed by atoms with Crippen LogP contribution in [0.25, 0.3) is 0 Å². The molecule has 208 valence electrons. The van der Waals surface area contributed by atoms with Crippen LogP contribution in [0.4, 0.5) is 0 Å². The molecule has 1 heterocycles. The van der Waals surface area contributed by atoms with Crippen molar-refractivity contribution in [2.75, 3.05) is 0 Å². The molecule has 4 aromatic rings. The summed E-state index contributed by atoms with van der Waals surface area (Å²) in [5.74, 6) is 0.533. The van der Waals surface area contributed by atoms with Gasteiger partial charge in [-0.05, 0) is 47.0 Å². The highest BCUT2D eigenvalue weighted by Crippen LogP contribution is 2.53. The average Bonchev–Trinajstić information content (AvgIpc) is 3.28. The minimum atomic E-state index is -1.96. The van der Waals surface area contributed by atoms with Crippen molar-refractivity contribution in [2.45, 2.75) is 75.3 Å². The molecule has 40 heavy (non-hydrogen) atoms. The van der Waals surface area contributed by atoms with Crippen LogP contribution >= 0.6 is 0 Å². The lowest BCUT2D eigenvalue weighted by Crippen LogP contribution is -2.50. The molecule has 0 N–H and O–H groups in total. The van der Waals surface area contributed by atoms with Crippen molar-refractivity contribution >= 4 is 21.3 Å². The van der Waals surface area contributed by atoms with Crippen molar-refractivity contribution in [3.63, 3.8) is 0 Å². The summed E-state index contributed by atoms with van der Waals surface area (Å²) in [6, 6.07) is 46.0. The van der Waals surface area contributed by atoms with Crippen LogP contribution in [-0.2, 0) is 11.2 Å². The second kappa shape index (κ2) is 12.4. The zero-order valence-electron chi connectivity index (χ0n) is 25.0. The lowest BCUT2D eigenvalue weighted by molar-refractivity contribution is 0.0402. The molecule has 1 aliphatic heterocycles. The topological polar surface area (TPSA) is 9.23 Å². The van der Waals surface area contributed by atoms with Crippen LogP contribution in [0, 0.1) is 5.92 Å². The Labute approximate surface area is 244 Å². The van der Waals surface area contributed by atoms with Gasteiger partial charge in [0.25, 0.3) is 0 Å². The molecule has 0 bridgehead atoms. The van der Waals surface area contributed by atoms with Gasteiger partial charge in [0.05, 0.1) is 28.4 Å². The summed E-state index contributed by atoms with van der Waals surface area (Å²) < 4.78 is 7.24. The van der Waals surface area contributed by atoms with E-state index >= 15 is 0 Å². The Kier molecular flexibility index (Phi) is 8.94. The number of hydrogen-bond donors (Lipinski definition) is 0. The monoisotopic (exact) mass is 562 g/mol. The highest BCUT2D eigenvalue weighted by Gasteiger charge is 2.54. The second-order valence-corrected chi connectivity index (χ2v) is 22.8. The van der Waals surface area contributed by atoms with Gasteiger partial charge in [-0.3, -0.25) is 0 Å². The van der Waals surface area contributed by atoms with Gasteiger partial charge in [-0.25, -0.2) is 0 Å². The molecule has 0 aromatic heterocycles. The molecular formula is C37H46OSi2. The molecule has 5 rings (SSSR count). The third-order valence-corrected chi connectivity index (χ3v) is 17.7. The van der Waals surface area contributed by atoms with E-state index in [0.717, 1.165) is 12.8 Å². The molecule has 0 amide bonds. The quantitative estimate of drug-likeness (QED) is 0.175. The van der Waals surface area contributed by atoms with Gasteiger partial charge in [0.1, 0.15) is 0 Å².